The van der Waals surface area contributed by atoms with E-state index in [1.54, 1.807) is 6.07 Å². The van der Waals surface area contributed by atoms with Crippen molar-refractivity contribution in [2.24, 2.45) is 0 Å². The Morgan fingerprint density at radius 1 is 1.36 bits per heavy atom. The van der Waals surface area contributed by atoms with E-state index in [-0.39, 0.29) is 17.9 Å². The van der Waals surface area contributed by atoms with E-state index in [0.29, 0.717) is 17.0 Å². The van der Waals surface area contributed by atoms with Gasteiger partial charge in [0.25, 0.3) is 5.91 Å². The highest BCUT2D eigenvalue weighted by atomic mass is 32.1. The van der Waals surface area contributed by atoms with Gasteiger partial charge in [0.05, 0.1) is 5.69 Å². The first-order chi connectivity index (χ1) is 10.4. The number of ether oxygens (including phenoxy) is 1. The second-order valence-electron chi connectivity index (χ2n) is 4.24. The quantitative estimate of drug-likeness (QED) is 0.915. The molecular formula is C13H12F3N3O2S. The van der Waals surface area contributed by atoms with Crippen molar-refractivity contribution in [2.75, 3.05) is 0 Å². The van der Waals surface area contributed by atoms with Gasteiger partial charge in [0.1, 0.15) is 10.6 Å². The Balaban J connectivity index is 2.07. The number of hydrogen-bond acceptors (Lipinski definition) is 5. The number of alkyl halides is 3. The summed E-state index contributed by atoms with van der Waals surface area (Å²) in [5.74, 6) is -0.762. The molecule has 1 aromatic carbocycles. The standard InChI is InChI=1S/C13H12F3N3O2S/c1-2-9-11(22-19-18-9)12(20)17-7-8-5-3-4-6-10(8)21-13(14,15)16/h3-6H,2,7H2,1H3,(H,17,20). The van der Waals surface area contributed by atoms with Crippen LogP contribution in [-0.4, -0.2) is 21.9 Å². The van der Waals surface area contributed by atoms with Crippen molar-refractivity contribution in [3.63, 3.8) is 0 Å². The molecule has 0 spiro atoms. The molecule has 0 bridgehead atoms. The van der Waals surface area contributed by atoms with Crippen molar-refractivity contribution < 1.29 is 22.7 Å². The van der Waals surface area contributed by atoms with Crippen molar-refractivity contribution >= 4 is 17.4 Å². The summed E-state index contributed by atoms with van der Waals surface area (Å²) in [6.45, 7) is 1.74. The van der Waals surface area contributed by atoms with Crippen molar-refractivity contribution in [3.05, 3.63) is 40.4 Å². The molecule has 5 nitrogen and oxygen atoms in total. The van der Waals surface area contributed by atoms with Crippen LogP contribution in [0.25, 0.3) is 0 Å². The molecule has 2 rings (SSSR count). The SMILES string of the molecule is CCc1nnsc1C(=O)NCc1ccccc1OC(F)(F)F. The van der Waals surface area contributed by atoms with Crippen LogP contribution in [-0.2, 0) is 13.0 Å². The van der Waals surface area contributed by atoms with Gasteiger partial charge in [-0.3, -0.25) is 4.79 Å². The average Bonchev–Trinajstić information content (AvgIpc) is 2.93. The molecule has 0 unspecified atom stereocenters. The Kier molecular flexibility index (Phi) is 4.96. The number of halogens is 3. The molecule has 2 aromatic rings. The zero-order valence-electron chi connectivity index (χ0n) is 11.5. The lowest BCUT2D eigenvalue weighted by Crippen LogP contribution is -2.24. The van der Waals surface area contributed by atoms with Crippen LogP contribution >= 0.6 is 11.5 Å². The van der Waals surface area contributed by atoms with Gasteiger partial charge in [-0.15, -0.1) is 18.3 Å². The highest BCUT2D eigenvalue weighted by molar-refractivity contribution is 7.08. The molecule has 0 aliphatic rings. The van der Waals surface area contributed by atoms with Gasteiger partial charge in [0.2, 0.25) is 0 Å². The first-order valence-electron chi connectivity index (χ1n) is 6.33. The highest BCUT2D eigenvalue weighted by Crippen LogP contribution is 2.26. The smallest absolute Gasteiger partial charge is 0.405 e. The van der Waals surface area contributed by atoms with Gasteiger partial charge in [0, 0.05) is 12.1 Å². The van der Waals surface area contributed by atoms with Crippen LogP contribution in [0.1, 0.15) is 27.9 Å². The molecule has 1 heterocycles. The van der Waals surface area contributed by atoms with E-state index < -0.39 is 12.3 Å². The summed E-state index contributed by atoms with van der Waals surface area (Å²) >= 11 is 0.947. The van der Waals surface area contributed by atoms with E-state index in [9.17, 15) is 18.0 Å². The molecule has 0 saturated carbocycles. The predicted molar refractivity (Wildman–Crippen MR) is 73.6 cm³/mol. The normalized spacial score (nSPS) is 11.3. The first-order valence-corrected chi connectivity index (χ1v) is 7.11. The molecule has 0 atom stereocenters. The van der Waals surface area contributed by atoms with E-state index in [4.69, 9.17) is 0 Å². The van der Waals surface area contributed by atoms with Gasteiger partial charge >= 0.3 is 6.36 Å². The lowest BCUT2D eigenvalue weighted by molar-refractivity contribution is -0.274. The van der Waals surface area contributed by atoms with Crippen molar-refractivity contribution in [2.45, 2.75) is 26.3 Å². The van der Waals surface area contributed by atoms with Crippen LogP contribution in [0.3, 0.4) is 0 Å². The Morgan fingerprint density at radius 2 is 2.09 bits per heavy atom. The summed E-state index contributed by atoms with van der Waals surface area (Å²) in [5, 5.41) is 6.36. The zero-order valence-corrected chi connectivity index (χ0v) is 12.3. The van der Waals surface area contributed by atoms with Gasteiger partial charge in [0.15, 0.2) is 0 Å². The van der Waals surface area contributed by atoms with Crippen LogP contribution in [0.15, 0.2) is 24.3 Å². The van der Waals surface area contributed by atoms with E-state index >= 15 is 0 Å². The Labute approximate surface area is 128 Å². The number of para-hydroxylation sites is 1. The molecule has 1 aromatic heterocycles. The topological polar surface area (TPSA) is 64.1 Å². The predicted octanol–water partition coefficient (Wildman–Crippen LogP) is 2.93. The summed E-state index contributed by atoms with van der Waals surface area (Å²) in [4.78, 5) is 12.4. The molecular weight excluding hydrogens is 319 g/mol. The minimum absolute atomic E-state index is 0.0911. The number of aryl methyl sites for hydroxylation is 1. The van der Waals surface area contributed by atoms with E-state index in [0.717, 1.165) is 11.5 Å². The fourth-order valence-corrected chi connectivity index (χ4v) is 2.41. The highest BCUT2D eigenvalue weighted by Gasteiger charge is 2.32. The lowest BCUT2D eigenvalue weighted by Gasteiger charge is -2.13. The van der Waals surface area contributed by atoms with Crippen molar-refractivity contribution in [1.82, 2.24) is 14.9 Å². The monoisotopic (exact) mass is 331 g/mol. The Morgan fingerprint density at radius 3 is 2.77 bits per heavy atom. The number of benzene rings is 1. The maximum Gasteiger partial charge on any atom is 0.573 e. The maximum atomic E-state index is 12.3. The van der Waals surface area contributed by atoms with Gasteiger partial charge < -0.3 is 10.1 Å². The van der Waals surface area contributed by atoms with Crippen LogP contribution < -0.4 is 10.1 Å². The summed E-state index contributed by atoms with van der Waals surface area (Å²) in [6, 6.07) is 5.64. The fourth-order valence-electron chi connectivity index (χ4n) is 1.74. The lowest BCUT2D eigenvalue weighted by atomic mass is 10.2. The van der Waals surface area contributed by atoms with E-state index in [1.165, 1.54) is 18.2 Å². The maximum absolute atomic E-state index is 12.3. The molecule has 118 valence electrons. The van der Waals surface area contributed by atoms with Gasteiger partial charge in [-0.25, -0.2) is 0 Å². The molecule has 1 amide bonds. The molecule has 0 aliphatic carbocycles. The number of aromatic nitrogens is 2. The third-order valence-corrected chi connectivity index (χ3v) is 3.50. The van der Waals surface area contributed by atoms with E-state index in [1.807, 2.05) is 6.92 Å². The minimum atomic E-state index is -4.78. The van der Waals surface area contributed by atoms with Gasteiger partial charge in [-0.05, 0) is 24.0 Å². The largest absolute Gasteiger partial charge is 0.573 e. The average molecular weight is 331 g/mol. The third kappa shape index (κ3) is 4.17. The van der Waals surface area contributed by atoms with E-state index in [2.05, 4.69) is 19.6 Å². The molecule has 1 N–H and O–H groups in total. The summed E-state index contributed by atoms with van der Waals surface area (Å²) in [5.41, 5.74) is 0.783. The second-order valence-corrected chi connectivity index (χ2v) is 4.99. The number of rotatable bonds is 5. The van der Waals surface area contributed by atoms with Crippen molar-refractivity contribution in [1.29, 1.82) is 0 Å². The van der Waals surface area contributed by atoms with Gasteiger partial charge in [-0.1, -0.05) is 29.6 Å². The van der Waals surface area contributed by atoms with Crippen LogP contribution in [0.4, 0.5) is 13.2 Å². The number of amides is 1. The second kappa shape index (κ2) is 6.73. The number of nitrogens with one attached hydrogen (secondary N) is 1. The summed E-state index contributed by atoms with van der Waals surface area (Å²) in [7, 11) is 0. The van der Waals surface area contributed by atoms with Crippen LogP contribution in [0, 0.1) is 0 Å². The number of nitrogens with zero attached hydrogens (tertiary/aromatic N) is 2. The number of hydrogen-bond donors (Lipinski definition) is 1. The van der Waals surface area contributed by atoms with Crippen molar-refractivity contribution in [3.8, 4) is 5.75 Å². The first kappa shape index (κ1) is 16.2. The molecule has 0 radical (unpaired) electrons. The Bertz CT molecular complexity index is 658. The minimum Gasteiger partial charge on any atom is -0.405 e. The molecule has 22 heavy (non-hydrogen) atoms. The summed E-state index contributed by atoms with van der Waals surface area (Å²) < 4.78 is 44.6. The van der Waals surface area contributed by atoms with Crippen LogP contribution in [0.2, 0.25) is 0 Å². The Hall–Kier alpha value is -2.16. The summed E-state index contributed by atoms with van der Waals surface area (Å²) in [6.07, 6.45) is -4.23. The molecule has 9 heteroatoms. The molecule has 0 aliphatic heterocycles. The number of carbonyl (C=O) groups is 1. The fraction of sp³-hybridized carbons (Fsp3) is 0.308. The third-order valence-electron chi connectivity index (χ3n) is 2.73. The van der Waals surface area contributed by atoms with Crippen LogP contribution in [0.5, 0.6) is 5.75 Å². The van der Waals surface area contributed by atoms with Gasteiger partial charge in [-0.2, -0.15) is 0 Å². The zero-order chi connectivity index (χ0) is 16.2. The molecule has 0 fully saturated rings. The number of carbonyl (C=O) groups excluding carboxylic acids is 1. The molecule has 0 saturated heterocycles.